The molecule has 0 aromatic carbocycles. The fraction of sp³-hybridized carbons (Fsp3) is 0.333. The molecular formula is C9H9NO4. The van der Waals surface area contributed by atoms with E-state index in [0.717, 1.165) is 12.8 Å². The van der Waals surface area contributed by atoms with Crippen molar-refractivity contribution in [1.82, 2.24) is 4.98 Å². The van der Waals surface area contributed by atoms with E-state index in [1.54, 1.807) is 0 Å². The van der Waals surface area contributed by atoms with Gasteiger partial charge in [0.05, 0.1) is 0 Å². The molecule has 0 saturated heterocycles. The van der Waals surface area contributed by atoms with E-state index in [1.165, 1.54) is 6.07 Å². The Balaban J connectivity index is 2.64. The van der Waals surface area contributed by atoms with Gasteiger partial charge in [0, 0.05) is 6.07 Å². The number of nitrogens with one attached hydrogen (secondary N) is 1. The van der Waals surface area contributed by atoms with Crippen LogP contribution in [0, 0.1) is 0 Å². The van der Waals surface area contributed by atoms with Crippen molar-refractivity contribution < 1.29 is 15.0 Å². The van der Waals surface area contributed by atoms with E-state index in [9.17, 15) is 14.7 Å². The zero-order valence-electron chi connectivity index (χ0n) is 7.28. The van der Waals surface area contributed by atoms with E-state index in [1.807, 2.05) is 0 Å². The van der Waals surface area contributed by atoms with E-state index in [-0.39, 0.29) is 11.5 Å². The summed E-state index contributed by atoms with van der Waals surface area (Å²) in [5, 5.41) is 18.1. The van der Waals surface area contributed by atoms with Gasteiger partial charge in [0.2, 0.25) is 5.88 Å². The van der Waals surface area contributed by atoms with Crippen molar-refractivity contribution in [1.29, 1.82) is 0 Å². The lowest BCUT2D eigenvalue weighted by molar-refractivity contribution is 0.0691. The van der Waals surface area contributed by atoms with Crippen LogP contribution < -0.4 is 5.56 Å². The fourth-order valence-corrected chi connectivity index (χ4v) is 1.51. The van der Waals surface area contributed by atoms with Crippen molar-refractivity contribution >= 4 is 5.97 Å². The Morgan fingerprint density at radius 2 is 2.14 bits per heavy atom. The lowest BCUT2D eigenvalue weighted by atomic mass is 10.1. The Labute approximate surface area is 79.0 Å². The molecule has 14 heavy (non-hydrogen) atoms. The van der Waals surface area contributed by atoms with Gasteiger partial charge in [-0.05, 0) is 24.3 Å². The monoisotopic (exact) mass is 195 g/mol. The lowest BCUT2D eigenvalue weighted by Crippen LogP contribution is -2.12. The minimum absolute atomic E-state index is 0.120. The molecule has 5 nitrogen and oxygen atoms in total. The number of carbonyl (C=O) groups is 1. The molecule has 5 heteroatoms. The zero-order chi connectivity index (χ0) is 10.3. The summed E-state index contributed by atoms with van der Waals surface area (Å²) in [7, 11) is 0. The summed E-state index contributed by atoms with van der Waals surface area (Å²) in [5.41, 5.74) is -0.194. The highest BCUT2D eigenvalue weighted by Gasteiger charge is 2.30. The molecule has 0 bridgehead atoms. The van der Waals surface area contributed by atoms with Crippen molar-refractivity contribution in [2.75, 3.05) is 0 Å². The van der Waals surface area contributed by atoms with Crippen LogP contribution in [0.2, 0.25) is 0 Å². The molecule has 0 unspecified atom stereocenters. The number of rotatable bonds is 2. The van der Waals surface area contributed by atoms with Crippen molar-refractivity contribution in [3.05, 3.63) is 27.5 Å². The third-order valence-electron chi connectivity index (χ3n) is 2.28. The van der Waals surface area contributed by atoms with Crippen LogP contribution in [0.3, 0.4) is 0 Å². The van der Waals surface area contributed by atoms with Gasteiger partial charge >= 0.3 is 5.97 Å². The first-order chi connectivity index (χ1) is 6.59. The number of aromatic carboxylic acids is 1. The first-order valence-electron chi connectivity index (χ1n) is 4.29. The van der Waals surface area contributed by atoms with Crippen LogP contribution in [0.1, 0.15) is 34.7 Å². The Morgan fingerprint density at radius 1 is 1.50 bits per heavy atom. The molecule has 1 saturated carbocycles. The number of aromatic hydroxyl groups is 1. The number of H-pyrrole nitrogens is 1. The van der Waals surface area contributed by atoms with E-state index in [2.05, 4.69) is 4.98 Å². The molecule has 1 heterocycles. The zero-order valence-corrected chi connectivity index (χ0v) is 7.28. The molecule has 0 spiro atoms. The average molecular weight is 195 g/mol. The molecule has 1 aliphatic rings. The van der Waals surface area contributed by atoms with Crippen LogP contribution in [-0.2, 0) is 0 Å². The first kappa shape index (κ1) is 8.80. The summed E-state index contributed by atoms with van der Waals surface area (Å²) in [5.74, 6) is -1.64. The van der Waals surface area contributed by atoms with Crippen LogP contribution in [0.5, 0.6) is 5.88 Å². The number of aromatic amines is 1. The number of hydrogen-bond acceptors (Lipinski definition) is 3. The van der Waals surface area contributed by atoms with Gasteiger partial charge in [-0.2, -0.15) is 0 Å². The van der Waals surface area contributed by atoms with Gasteiger partial charge in [0.15, 0.2) is 0 Å². The van der Waals surface area contributed by atoms with Crippen LogP contribution in [0.15, 0.2) is 10.9 Å². The summed E-state index contributed by atoms with van der Waals surface area (Å²) >= 11 is 0. The summed E-state index contributed by atoms with van der Waals surface area (Å²) in [6.45, 7) is 0. The van der Waals surface area contributed by atoms with Crippen molar-refractivity contribution in [2.24, 2.45) is 0 Å². The Kier molecular flexibility index (Phi) is 1.80. The van der Waals surface area contributed by atoms with Gasteiger partial charge in [0.1, 0.15) is 5.56 Å². The Bertz CT molecular complexity index is 445. The van der Waals surface area contributed by atoms with Gasteiger partial charge in [-0.1, -0.05) is 0 Å². The quantitative estimate of drug-likeness (QED) is 0.646. The first-order valence-corrected chi connectivity index (χ1v) is 4.29. The standard InChI is InChI=1S/C9H9NO4/c11-6-3-5(4-1-2-4)7(9(13)14)8(12)10-6/h3-4H,1-2H2,(H,13,14)(H2,10,11,12). The number of carboxylic acids is 1. The molecule has 0 aliphatic heterocycles. The van der Waals surface area contributed by atoms with Gasteiger partial charge in [-0.25, -0.2) is 4.79 Å². The molecule has 1 aromatic rings. The van der Waals surface area contributed by atoms with Crippen LogP contribution in [0.25, 0.3) is 0 Å². The number of carboxylic acid groups (broad SMARTS) is 1. The highest BCUT2D eigenvalue weighted by Crippen LogP contribution is 2.42. The summed E-state index contributed by atoms with van der Waals surface area (Å²) in [4.78, 5) is 23.9. The van der Waals surface area contributed by atoms with Crippen molar-refractivity contribution in [2.45, 2.75) is 18.8 Å². The normalized spacial score (nSPS) is 15.4. The molecule has 0 amide bonds. The third-order valence-corrected chi connectivity index (χ3v) is 2.28. The predicted octanol–water partition coefficient (Wildman–Crippen LogP) is 0.656. The van der Waals surface area contributed by atoms with Crippen LogP contribution >= 0.6 is 0 Å². The molecule has 1 fully saturated rings. The number of pyridine rings is 1. The average Bonchev–Trinajstić information content (AvgIpc) is 2.82. The van der Waals surface area contributed by atoms with Crippen LogP contribution in [-0.4, -0.2) is 21.2 Å². The topological polar surface area (TPSA) is 90.4 Å². The molecule has 1 aliphatic carbocycles. The second-order valence-electron chi connectivity index (χ2n) is 3.39. The summed E-state index contributed by atoms with van der Waals surface area (Å²) in [6.07, 6.45) is 1.76. The maximum atomic E-state index is 11.0. The van der Waals surface area contributed by atoms with Crippen LogP contribution in [0.4, 0.5) is 0 Å². The molecule has 1 aromatic heterocycles. The molecular weight excluding hydrogens is 186 g/mol. The second-order valence-corrected chi connectivity index (χ2v) is 3.39. The largest absolute Gasteiger partial charge is 0.494 e. The highest BCUT2D eigenvalue weighted by molar-refractivity contribution is 5.92. The van der Waals surface area contributed by atoms with E-state index >= 15 is 0 Å². The maximum absolute atomic E-state index is 11.0. The van der Waals surface area contributed by atoms with Gasteiger partial charge in [0.25, 0.3) is 5.56 Å². The highest BCUT2D eigenvalue weighted by atomic mass is 16.4. The smallest absolute Gasteiger partial charge is 0.341 e. The van der Waals surface area contributed by atoms with Crippen molar-refractivity contribution in [3.8, 4) is 5.88 Å². The molecule has 2 rings (SSSR count). The second kappa shape index (κ2) is 2.87. The fourth-order valence-electron chi connectivity index (χ4n) is 1.51. The summed E-state index contributed by atoms with van der Waals surface area (Å²) < 4.78 is 0. The third kappa shape index (κ3) is 1.37. The molecule has 3 N–H and O–H groups in total. The number of hydrogen-bond donors (Lipinski definition) is 3. The minimum atomic E-state index is -1.21. The van der Waals surface area contributed by atoms with E-state index in [0.29, 0.717) is 5.56 Å². The number of aromatic nitrogens is 1. The van der Waals surface area contributed by atoms with E-state index < -0.39 is 17.4 Å². The molecule has 0 atom stereocenters. The minimum Gasteiger partial charge on any atom is -0.494 e. The SMILES string of the molecule is O=C(O)c1c(C2CC2)cc(=O)[nH]c1O. The van der Waals surface area contributed by atoms with Gasteiger partial charge < -0.3 is 10.2 Å². The van der Waals surface area contributed by atoms with E-state index in [4.69, 9.17) is 5.11 Å². The lowest BCUT2D eigenvalue weighted by Gasteiger charge is -2.04. The van der Waals surface area contributed by atoms with Crippen molar-refractivity contribution in [3.63, 3.8) is 0 Å². The molecule has 74 valence electrons. The Morgan fingerprint density at radius 3 is 2.64 bits per heavy atom. The Hall–Kier alpha value is -1.78. The summed E-state index contributed by atoms with van der Waals surface area (Å²) in [6, 6.07) is 1.25. The predicted molar refractivity (Wildman–Crippen MR) is 47.7 cm³/mol. The van der Waals surface area contributed by atoms with Gasteiger partial charge in [-0.3, -0.25) is 9.78 Å². The van der Waals surface area contributed by atoms with Gasteiger partial charge in [-0.15, -0.1) is 0 Å². The maximum Gasteiger partial charge on any atom is 0.341 e. The molecule has 0 radical (unpaired) electrons.